The summed E-state index contributed by atoms with van der Waals surface area (Å²) in [6, 6.07) is 0. The van der Waals surface area contributed by atoms with Gasteiger partial charge in [0.15, 0.2) is 0 Å². The summed E-state index contributed by atoms with van der Waals surface area (Å²) in [5.74, 6) is -0.0881. The monoisotopic (exact) mass is 548 g/mol. The van der Waals surface area contributed by atoms with Gasteiger partial charge in [0.25, 0.3) is 0 Å². The minimum Gasteiger partial charge on any atom is -0.461 e. The van der Waals surface area contributed by atoms with Gasteiger partial charge in [-0.15, -0.1) is 0 Å². The average molecular weight is 549 g/mol. The van der Waals surface area contributed by atoms with Gasteiger partial charge in [-0.25, -0.2) is 0 Å². The first-order valence-electron chi connectivity index (χ1n) is 16.1. The van der Waals surface area contributed by atoms with Gasteiger partial charge in [-0.1, -0.05) is 124 Å². The lowest BCUT2D eigenvalue weighted by molar-refractivity contribution is -0.142. The van der Waals surface area contributed by atoms with Crippen molar-refractivity contribution >= 4 is 5.97 Å². The largest absolute Gasteiger partial charge is 0.461 e. The molecule has 0 radical (unpaired) electrons. The predicted octanol–water partition coefficient (Wildman–Crippen LogP) is 11.9. The standard InChI is InChI=1S/C38H60O2/c1-7-8-9-10-11-12-13-14-15-16-17-18-19-20-21-27-37(39)40-32-30-34(3)25-22-24-33(2)28-29-36-35(4)26-23-31-38(36,5)6/h11-12,14-15,22,24-25,28-30H,7-10,13,16-21,23,26-27,31-32H2,1-6H3/b12-11-,15-14-,25-22?,29-28?,33-24?,34-30?. The molecule has 0 aromatic rings. The van der Waals surface area contributed by atoms with E-state index in [1.165, 1.54) is 80.9 Å². The summed E-state index contributed by atoms with van der Waals surface area (Å²) < 4.78 is 5.40. The summed E-state index contributed by atoms with van der Waals surface area (Å²) in [5, 5.41) is 0. The third kappa shape index (κ3) is 18.1. The second kappa shape index (κ2) is 22.4. The van der Waals surface area contributed by atoms with Crippen molar-refractivity contribution in [3.05, 3.63) is 83.1 Å². The molecule has 1 rings (SSSR count). The van der Waals surface area contributed by atoms with Crippen molar-refractivity contribution in [1.29, 1.82) is 0 Å². The number of hydrogen-bond donors (Lipinski definition) is 0. The fraction of sp³-hybridized carbons (Fsp3) is 0.605. The Morgan fingerprint density at radius 1 is 0.875 bits per heavy atom. The number of hydrogen-bond acceptors (Lipinski definition) is 2. The molecule has 0 aliphatic heterocycles. The number of unbranched alkanes of at least 4 members (excludes halogenated alkanes) is 8. The van der Waals surface area contributed by atoms with Crippen LogP contribution in [0.15, 0.2) is 83.1 Å². The Kier molecular flexibility index (Phi) is 19.9. The topological polar surface area (TPSA) is 26.3 Å². The highest BCUT2D eigenvalue weighted by Gasteiger charge is 2.26. The van der Waals surface area contributed by atoms with Gasteiger partial charge in [-0.2, -0.15) is 0 Å². The summed E-state index contributed by atoms with van der Waals surface area (Å²) in [6.07, 6.45) is 39.4. The van der Waals surface area contributed by atoms with Crippen LogP contribution in [0.4, 0.5) is 0 Å². The van der Waals surface area contributed by atoms with E-state index in [2.05, 4.69) is 89.3 Å². The first-order chi connectivity index (χ1) is 19.3. The van der Waals surface area contributed by atoms with Gasteiger partial charge in [0.1, 0.15) is 6.61 Å². The second-order valence-electron chi connectivity index (χ2n) is 12.1. The summed E-state index contributed by atoms with van der Waals surface area (Å²) in [4.78, 5) is 12.0. The number of rotatable bonds is 20. The zero-order chi connectivity index (χ0) is 29.5. The van der Waals surface area contributed by atoms with Gasteiger partial charge in [0.2, 0.25) is 0 Å². The van der Waals surface area contributed by atoms with E-state index in [0.29, 0.717) is 13.0 Å². The molecule has 0 aromatic carbocycles. The lowest BCUT2D eigenvalue weighted by atomic mass is 9.72. The highest BCUT2D eigenvalue weighted by molar-refractivity contribution is 5.69. The molecular weight excluding hydrogens is 488 g/mol. The Labute approximate surface area is 248 Å². The molecule has 2 heteroatoms. The van der Waals surface area contributed by atoms with Crippen LogP contribution in [0, 0.1) is 5.41 Å². The van der Waals surface area contributed by atoms with Crippen LogP contribution in [-0.4, -0.2) is 12.6 Å². The van der Waals surface area contributed by atoms with Crippen molar-refractivity contribution in [2.45, 2.75) is 138 Å². The molecule has 1 aliphatic rings. The SMILES string of the molecule is CCCCC/C=C\C/C=C\CCCCCCCC(=O)OCC=C(C)C=CC=C(C)C=CC1=C(C)CCCC1(C)C. The van der Waals surface area contributed by atoms with E-state index in [9.17, 15) is 4.79 Å². The minimum atomic E-state index is -0.0881. The summed E-state index contributed by atoms with van der Waals surface area (Å²) >= 11 is 0. The van der Waals surface area contributed by atoms with Gasteiger partial charge >= 0.3 is 5.97 Å². The van der Waals surface area contributed by atoms with E-state index in [1.54, 1.807) is 0 Å². The van der Waals surface area contributed by atoms with Gasteiger partial charge in [-0.05, 0) is 95.6 Å². The van der Waals surface area contributed by atoms with Crippen LogP contribution in [0.2, 0.25) is 0 Å². The molecule has 0 aromatic heterocycles. The molecular formula is C38H60O2. The summed E-state index contributed by atoms with van der Waals surface area (Å²) in [7, 11) is 0. The molecule has 0 amide bonds. The fourth-order valence-electron chi connectivity index (χ4n) is 5.12. The molecule has 0 saturated heterocycles. The smallest absolute Gasteiger partial charge is 0.306 e. The molecule has 1 aliphatic carbocycles. The highest BCUT2D eigenvalue weighted by atomic mass is 16.5. The zero-order valence-corrected chi connectivity index (χ0v) is 26.9. The van der Waals surface area contributed by atoms with Crippen LogP contribution < -0.4 is 0 Å². The zero-order valence-electron chi connectivity index (χ0n) is 26.9. The average Bonchev–Trinajstić information content (AvgIpc) is 2.90. The molecule has 0 bridgehead atoms. The van der Waals surface area contributed by atoms with Crippen molar-refractivity contribution < 1.29 is 9.53 Å². The normalized spacial score (nSPS) is 16.9. The number of carbonyl (C=O) groups is 1. The first-order valence-corrected chi connectivity index (χ1v) is 16.1. The lowest BCUT2D eigenvalue weighted by Crippen LogP contribution is -2.19. The van der Waals surface area contributed by atoms with Crippen LogP contribution in [0.1, 0.15) is 138 Å². The van der Waals surface area contributed by atoms with Gasteiger partial charge < -0.3 is 4.74 Å². The molecule has 0 atom stereocenters. The van der Waals surface area contributed by atoms with Crippen molar-refractivity contribution in [3.8, 4) is 0 Å². The quantitative estimate of drug-likeness (QED) is 0.0654. The van der Waals surface area contributed by atoms with Crippen LogP contribution in [0.5, 0.6) is 0 Å². The Hall–Kier alpha value is -2.35. The number of allylic oxidation sites excluding steroid dienone is 13. The molecule has 40 heavy (non-hydrogen) atoms. The number of ether oxygens (including phenoxy) is 1. The Morgan fingerprint density at radius 3 is 2.25 bits per heavy atom. The van der Waals surface area contributed by atoms with Gasteiger partial charge in [0.05, 0.1) is 0 Å². The van der Waals surface area contributed by atoms with Crippen molar-refractivity contribution in [2.75, 3.05) is 6.61 Å². The van der Waals surface area contributed by atoms with E-state index < -0.39 is 0 Å². The predicted molar refractivity (Wildman–Crippen MR) is 176 cm³/mol. The molecule has 0 N–H and O–H groups in total. The third-order valence-electron chi connectivity index (χ3n) is 7.75. The molecule has 2 nitrogen and oxygen atoms in total. The maximum atomic E-state index is 12.0. The molecule has 0 fully saturated rings. The number of carbonyl (C=O) groups excluding carboxylic acids is 1. The van der Waals surface area contributed by atoms with Gasteiger partial charge in [0, 0.05) is 6.42 Å². The van der Waals surface area contributed by atoms with Gasteiger partial charge in [-0.3, -0.25) is 4.79 Å². The van der Waals surface area contributed by atoms with Crippen molar-refractivity contribution in [3.63, 3.8) is 0 Å². The Bertz CT molecular complexity index is 917. The van der Waals surface area contributed by atoms with Crippen LogP contribution in [-0.2, 0) is 9.53 Å². The highest BCUT2D eigenvalue weighted by Crippen LogP contribution is 2.40. The fourth-order valence-corrected chi connectivity index (χ4v) is 5.12. The summed E-state index contributed by atoms with van der Waals surface area (Å²) in [5.41, 5.74) is 5.63. The van der Waals surface area contributed by atoms with E-state index in [1.807, 2.05) is 13.0 Å². The maximum absolute atomic E-state index is 12.0. The van der Waals surface area contributed by atoms with Crippen LogP contribution >= 0.6 is 0 Å². The van der Waals surface area contributed by atoms with E-state index in [4.69, 9.17) is 4.74 Å². The molecule has 224 valence electrons. The first kappa shape index (κ1) is 35.7. The van der Waals surface area contributed by atoms with Crippen molar-refractivity contribution in [2.24, 2.45) is 5.41 Å². The van der Waals surface area contributed by atoms with Crippen LogP contribution in [0.25, 0.3) is 0 Å². The van der Waals surface area contributed by atoms with Crippen LogP contribution in [0.3, 0.4) is 0 Å². The minimum absolute atomic E-state index is 0.0881. The summed E-state index contributed by atoms with van der Waals surface area (Å²) in [6.45, 7) is 13.8. The molecule has 0 heterocycles. The Balaban J connectivity index is 2.14. The third-order valence-corrected chi connectivity index (χ3v) is 7.75. The number of esters is 1. The molecule has 0 unspecified atom stereocenters. The molecule has 0 saturated carbocycles. The van der Waals surface area contributed by atoms with E-state index in [0.717, 1.165) is 31.3 Å². The maximum Gasteiger partial charge on any atom is 0.306 e. The second-order valence-corrected chi connectivity index (χ2v) is 12.1. The van der Waals surface area contributed by atoms with Crippen molar-refractivity contribution in [1.82, 2.24) is 0 Å². The Morgan fingerprint density at radius 2 is 1.55 bits per heavy atom. The van der Waals surface area contributed by atoms with E-state index in [-0.39, 0.29) is 11.4 Å². The molecule has 0 spiro atoms. The lowest BCUT2D eigenvalue weighted by Gasteiger charge is -2.32. The van der Waals surface area contributed by atoms with E-state index >= 15 is 0 Å².